The number of aryl methyl sites for hydroxylation is 1. The van der Waals surface area contributed by atoms with E-state index in [4.69, 9.17) is 0 Å². The Kier molecular flexibility index (Phi) is 6.65. The van der Waals surface area contributed by atoms with Crippen LogP contribution in [0.25, 0.3) is 0 Å². The lowest BCUT2D eigenvalue weighted by molar-refractivity contribution is -0.385. The van der Waals surface area contributed by atoms with Gasteiger partial charge in [0.1, 0.15) is 18.4 Å². The van der Waals surface area contributed by atoms with Crippen molar-refractivity contribution in [2.45, 2.75) is 36.1 Å². The minimum atomic E-state index is -0.804. The Balaban J connectivity index is 1.85. The summed E-state index contributed by atoms with van der Waals surface area (Å²) in [6.07, 6.45) is 2.57. The van der Waals surface area contributed by atoms with Crippen LogP contribution in [0, 0.1) is 27.2 Å². The van der Waals surface area contributed by atoms with Crippen LogP contribution in [0.1, 0.15) is 24.9 Å². The van der Waals surface area contributed by atoms with Crippen LogP contribution in [-0.2, 0) is 4.79 Å². The summed E-state index contributed by atoms with van der Waals surface area (Å²) < 4.78 is 1.22. The Bertz CT molecular complexity index is 1130. The van der Waals surface area contributed by atoms with Gasteiger partial charge in [0, 0.05) is 27.6 Å². The Morgan fingerprint density at radius 1 is 1.10 bits per heavy atom. The van der Waals surface area contributed by atoms with Gasteiger partial charge in [-0.25, -0.2) is 0 Å². The van der Waals surface area contributed by atoms with E-state index in [0.717, 1.165) is 16.7 Å². The van der Waals surface area contributed by atoms with Crippen LogP contribution in [0.15, 0.2) is 64.6 Å². The molecule has 1 atom stereocenters. The molecular weight excluding hydrogens is 422 g/mol. The van der Waals surface area contributed by atoms with E-state index in [1.54, 1.807) is 13.0 Å². The number of non-ortho nitro benzene ring substituents is 1. The molecule has 0 saturated carbocycles. The van der Waals surface area contributed by atoms with E-state index in [0.29, 0.717) is 11.3 Å². The third-order valence-electron chi connectivity index (χ3n) is 4.43. The lowest BCUT2D eigenvalue weighted by Crippen LogP contribution is -2.26. The number of nitro benzene ring substituents is 1. The Morgan fingerprint density at radius 2 is 1.77 bits per heavy atom. The monoisotopic (exact) mass is 441 g/mol. The highest BCUT2D eigenvalue weighted by Gasteiger charge is 2.23. The molecule has 1 N–H and O–H groups in total. The maximum atomic E-state index is 12.8. The summed E-state index contributed by atoms with van der Waals surface area (Å²) in [7, 11) is 0. The molecule has 31 heavy (non-hydrogen) atoms. The van der Waals surface area contributed by atoms with Crippen LogP contribution < -0.4 is 5.32 Å². The molecule has 11 heteroatoms. The van der Waals surface area contributed by atoms with Crippen LogP contribution in [0.4, 0.5) is 17.1 Å². The lowest BCUT2D eigenvalue weighted by Gasteiger charge is -2.15. The third-order valence-corrected chi connectivity index (χ3v) is 5.41. The normalized spacial score (nSPS) is 11.7. The number of nitro groups is 2. The lowest BCUT2D eigenvalue weighted by atomic mass is 10.2. The summed E-state index contributed by atoms with van der Waals surface area (Å²) in [5, 5.41) is 28.8. The van der Waals surface area contributed by atoms with Gasteiger partial charge in [-0.05, 0) is 31.5 Å². The smallest absolute Gasteiger partial charge is 0.307 e. The molecule has 3 rings (SSSR count). The molecule has 0 aliphatic heterocycles. The van der Waals surface area contributed by atoms with Gasteiger partial charge in [-0.1, -0.05) is 36.4 Å². The minimum Gasteiger partial charge on any atom is -0.324 e. The second-order valence-corrected chi connectivity index (χ2v) is 7.88. The van der Waals surface area contributed by atoms with Crippen LogP contribution in [-0.4, -0.2) is 25.5 Å². The van der Waals surface area contributed by atoms with Gasteiger partial charge >= 0.3 is 5.69 Å². The Hall–Kier alpha value is -3.73. The first-order valence-electron chi connectivity index (χ1n) is 9.30. The van der Waals surface area contributed by atoms with E-state index in [1.807, 2.05) is 31.2 Å². The van der Waals surface area contributed by atoms with E-state index in [9.17, 15) is 25.0 Å². The molecule has 1 amide bonds. The van der Waals surface area contributed by atoms with Gasteiger partial charge in [0.2, 0.25) is 5.91 Å². The first-order valence-corrected chi connectivity index (χ1v) is 10.1. The molecular formula is C20H19N5O5S. The number of hydrogen-bond acceptors (Lipinski definition) is 7. The highest BCUT2D eigenvalue weighted by Crippen LogP contribution is 2.33. The fourth-order valence-electron chi connectivity index (χ4n) is 2.87. The van der Waals surface area contributed by atoms with Gasteiger partial charge in [-0.2, -0.15) is 5.10 Å². The Labute approximate surface area is 181 Å². The number of carbonyl (C=O) groups excluding carboxylic acids is 1. The van der Waals surface area contributed by atoms with Crippen molar-refractivity contribution < 1.29 is 14.6 Å². The minimum absolute atomic E-state index is 0.157. The number of amides is 1. The number of nitrogens with one attached hydrogen (secondary N) is 1. The van der Waals surface area contributed by atoms with E-state index in [2.05, 4.69) is 10.4 Å². The zero-order valence-electron chi connectivity index (χ0n) is 16.7. The highest BCUT2D eigenvalue weighted by atomic mass is 32.2. The van der Waals surface area contributed by atoms with Crippen LogP contribution in [0.5, 0.6) is 0 Å². The molecule has 3 aromatic rings. The fourth-order valence-corrected chi connectivity index (χ4v) is 3.78. The van der Waals surface area contributed by atoms with Gasteiger partial charge in [-0.3, -0.25) is 29.7 Å². The number of aromatic nitrogens is 2. The molecule has 1 aromatic heterocycles. The number of anilines is 1. The number of nitrogens with zero attached hydrogens (tertiary/aromatic N) is 4. The van der Waals surface area contributed by atoms with Gasteiger partial charge in [-0.15, -0.1) is 0 Å². The molecule has 0 fully saturated rings. The van der Waals surface area contributed by atoms with Gasteiger partial charge in [0.15, 0.2) is 0 Å². The topological polar surface area (TPSA) is 133 Å². The summed E-state index contributed by atoms with van der Waals surface area (Å²) in [6.45, 7) is 3.71. The van der Waals surface area contributed by atoms with Crippen molar-refractivity contribution in [3.8, 4) is 0 Å². The van der Waals surface area contributed by atoms with Crippen LogP contribution >= 0.6 is 11.8 Å². The van der Waals surface area contributed by atoms with Gasteiger partial charge < -0.3 is 5.32 Å². The molecule has 0 bridgehead atoms. The highest BCUT2D eigenvalue weighted by molar-refractivity contribution is 7.99. The SMILES string of the molecule is CC[C@@H](C(=O)Nc1cc(Sc2ccc(C)cc2)cc([N+](=O)[O-])c1)n1cc([N+](=O)[O-])cn1. The molecule has 0 radical (unpaired) electrons. The molecule has 10 nitrogen and oxygen atoms in total. The van der Waals surface area contributed by atoms with Crippen LogP contribution in [0.3, 0.4) is 0 Å². The quantitative estimate of drug-likeness (QED) is 0.394. The molecule has 0 saturated heterocycles. The van der Waals surface area contributed by atoms with E-state index >= 15 is 0 Å². The van der Waals surface area contributed by atoms with E-state index < -0.39 is 21.8 Å². The van der Waals surface area contributed by atoms with Crippen molar-refractivity contribution in [3.05, 3.63) is 80.7 Å². The molecule has 0 aliphatic rings. The average Bonchev–Trinajstić information content (AvgIpc) is 3.20. The molecule has 1 heterocycles. The predicted octanol–water partition coefficient (Wildman–Crippen LogP) is 4.75. The molecule has 0 spiro atoms. The van der Waals surface area contributed by atoms with Gasteiger partial charge in [0.05, 0.1) is 9.85 Å². The summed E-state index contributed by atoms with van der Waals surface area (Å²) in [6, 6.07) is 11.3. The average molecular weight is 441 g/mol. The summed E-state index contributed by atoms with van der Waals surface area (Å²) in [5.74, 6) is -0.479. The van der Waals surface area contributed by atoms with Gasteiger partial charge in [0.25, 0.3) is 5.69 Å². The van der Waals surface area contributed by atoms with Crippen molar-refractivity contribution in [1.29, 1.82) is 0 Å². The zero-order valence-corrected chi connectivity index (χ0v) is 17.5. The van der Waals surface area contributed by atoms with Crippen molar-refractivity contribution in [2.24, 2.45) is 0 Å². The number of rotatable bonds is 8. The van der Waals surface area contributed by atoms with E-state index in [1.165, 1.54) is 34.8 Å². The fraction of sp³-hybridized carbons (Fsp3) is 0.200. The second-order valence-electron chi connectivity index (χ2n) is 6.74. The largest absolute Gasteiger partial charge is 0.324 e. The molecule has 0 unspecified atom stereocenters. The first-order chi connectivity index (χ1) is 14.8. The molecule has 160 valence electrons. The third kappa shape index (κ3) is 5.45. The summed E-state index contributed by atoms with van der Waals surface area (Å²) in [5.41, 5.74) is 0.975. The molecule has 2 aromatic carbocycles. The van der Waals surface area contributed by atoms with E-state index in [-0.39, 0.29) is 17.1 Å². The predicted molar refractivity (Wildman–Crippen MR) is 115 cm³/mol. The first kappa shape index (κ1) is 22.0. The number of hydrogen-bond donors (Lipinski definition) is 1. The second kappa shape index (κ2) is 9.39. The number of benzene rings is 2. The van der Waals surface area contributed by atoms with Crippen molar-refractivity contribution in [3.63, 3.8) is 0 Å². The van der Waals surface area contributed by atoms with Crippen molar-refractivity contribution in [1.82, 2.24) is 9.78 Å². The summed E-state index contributed by atoms with van der Waals surface area (Å²) >= 11 is 1.34. The standard InChI is InChI=1S/C20H19N5O5S/c1-3-19(23-12-16(11-21-23)25(29)30)20(26)22-14-8-15(24(27)28)10-18(9-14)31-17-6-4-13(2)5-7-17/h4-12,19H,3H2,1-2H3,(H,22,26)/t19-/m0/s1. The summed E-state index contributed by atoms with van der Waals surface area (Å²) in [4.78, 5) is 35.4. The van der Waals surface area contributed by atoms with Crippen molar-refractivity contribution >= 4 is 34.7 Å². The maximum Gasteiger partial charge on any atom is 0.307 e. The van der Waals surface area contributed by atoms with Crippen molar-refractivity contribution in [2.75, 3.05) is 5.32 Å². The number of carbonyl (C=O) groups is 1. The Morgan fingerprint density at radius 3 is 2.35 bits per heavy atom. The zero-order chi connectivity index (χ0) is 22.5. The maximum absolute atomic E-state index is 12.8. The molecule has 0 aliphatic carbocycles. The van der Waals surface area contributed by atoms with Crippen LogP contribution in [0.2, 0.25) is 0 Å².